The number of rotatable bonds is 2. The highest BCUT2D eigenvalue weighted by Crippen LogP contribution is 2.22. The van der Waals surface area contributed by atoms with Crippen LogP contribution in [0, 0.1) is 12.7 Å². The number of ether oxygens (including phenoxy) is 1. The number of fused-ring (bicyclic) bond motifs is 1. The molecule has 16 heavy (non-hydrogen) atoms. The summed E-state index contributed by atoms with van der Waals surface area (Å²) < 4.78 is 17.6. The van der Waals surface area contributed by atoms with Gasteiger partial charge < -0.3 is 9.72 Å². The summed E-state index contributed by atoms with van der Waals surface area (Å²) >= 11 is 0. The number of nitrogens with one attached hydrogen (secondary N) is 1. The third-order valence-corrected chi connectivity index (χ3v) is 2.67. The Labute approximate surface area is 92.2 Å². The summed E-state index contributed by atoms with van der Waals surface area (Å²) in [7, 11) is 1.35. The Bertz CT molecular complexity index is 545. The summed E-state index contributed by atoms with van der Waals surface area (Å²) in [6.45, 7) is 1.86. The van der Waals surface area contributed by atoms with E-state index in [0.29, 0.717) is 0 Å². The zero-order valence-corrected chi connectivity index (χ0v) is 9.13. The van der Waals surface area contributed by atoms with Crippen LogP contribution in [0.5, 0.6) is 0 Å². The number of carbonyl (C=O) groups excluding carboxylic acids is 1. The second-order valence-electron chi connectivity index (χ2n) is 3.67. The van der Waals surface area contributed by atoms with E-state index in [2.05, 4.69) is 9.72 Å². The predicted octanol–water partition coefficient (Wildman–Crippen LogP) is 2.33. The summed E-state index contributed by atoms with van der Waals surface area (Å²) in [6.07, 6.45) is 0.179. The summed E-state index contributed by atoms with van der Waals surface area (Å²) in [5.74, 6) is -0.589. The molecule has 0 aliphatic heterocycles. The lowest BCUT2D eigenvalue weighted by molar-refractivity contribution is -0.139. The monoisotopic (exact) mass is 221 g/mol. The lowest BCUT2D eigenvalue weighted by atomic mass is 10.1. The summed E-state index contributed by atoms with van der Waals surface area (Å²) in [6, 6.07) is 4.51. The Hall–Kier alpha value is -1.84. The molecule has 0 atom stereocenters. The van der Waals surface area contributed by atoms with Gasteiger partial charge >= 0.3 is 5.97 Å². The molecule has 3 nitrogen and oxygen atoms in total. The van der Waals surface area contributed by atoms with Gasteiger partial charge in [0.1, 0.15) is 5.82 Å². The average Bonchev–Trinajstić information content (AvgIpc) is 2.56. The van der Waals surface area contributed by atoms with Gasteiger partial charge in [-0.2, -0.15) is 0 Å². The Morgan fingerprint density at radius 2 is 2.25 bits per heavy atom. The number of halogens is 1. The van der Waals surface area contributed by atoms with Crippen molar-refractivity contribution in [2.24, 2.45) is 0 Å². The molecular weight excluding hydrogens is 209 g/mol. The minimum Gasteiger partial charge on any atom is -0.469 e. The van der Waals surface area contributed by atoms with Crippen LogP contribution in [0.4, 0.5) is 4.39 Å². The third-order valence-electron chi connectivity index (χ3n) is 2.67. The van der Waals surface area contributed by atoms with E-state index in [1.54, 1.807) is 6.07 Å². The molecular formula is C12H12FNO2. The lowest BCUT2D eigenvalue weighted by Crippen LogP contribution is -2.05. The molecule has 0 aliphatic carbocycles. The van der Waals surface area contributed by atoms with Crippen molar-refractivity contribution in [1.82, 2.24) is 4.98 Å². The van der Waals surface area contributed by atoms with E-state index in [4.69, 9.17) is 0 Å². The fourth-order valence-electron chi connectivity index (χ4n) is 1.75. The van der Waals surface area contributed by atoms with Crippen LogP contribution < -0.4 is 0 Å². The van der Waals surface area contributed by atoms with Crippen molar-refractivity contribution >= 4 is 16.9 Å². The standard InChI is InChI=1S/C12H12FNO2/c1-7-9-5-8(13)3-4-10(9)14-11(7)6-12(15)16-2/h3-5,14H,6H2,1-2H3. The fourth-order valence-corrected chi connectivity index (χ4v) is 1.75. The zero-order chi connectivity index (χ0) is 11.7. The number of hydrogen-bond acceptors (Lipinski definition) is 2. The van der Waals surface area contributed by atoms with Gasteiger partial charge in [0.15, 0.2) is 0 Å². The number of esters is 1. The minimum absolute atomic E-state index is 0.179. The second kappa shape index (κ2) is 3.96. The van der Waals surface area contributed by atoms with Crippen LogP contribution in [0.2, 0.25) is 0 Å². The van der Waals surface area contributed by atoms with Crippen LogP contribution in [0.3, 0.4) is 0 Å². The highest BCUT2D eigenvalue weighted by atomic mass is 19.1. The minimum atomic E-state index is -0.310. The highest BCUT2D eigenvalue weighted by Gasteiger charge is 2.11. The molecule has 1 heterocycles. The molecule has 0 aliphatic rings. The van der Waals surface area contributed by atoms with Crippen molar-refractivity contribution in [2.45, 2.75) is 13.3 Å². The van der Waals surface area contributed by atoms with E-state index in [0.717, 1.165) is 22.2 Å². The van der Waals surface area contributed by atoms with E-state index in [-0.39, 0.29) is 18.2 Å². The smallest absolute Gasteiger partial charge is 0.311 e. The van der Waals surface area contributed by atoms with E-state index in [1.165, 1.54) is 19.2 Å². The number of carbonyl (C=O) groups is 1. The molecule has 4 heteroatoms. The van der Waals surface area contributed by atoms with E-state index < -0.39 is 0 Å². The molecule has 2 aromatic rings. The Morgan fingerprint density at radius 3 is 2.94 bits per heavy atom. The first kappa shape index (κ1) is 10.7. The van der Waals surface area contributed by atoms with Crippen LogP contribution >= 0.6 is 0 Å². The number of aryl methyl sites for hydroxylation is 1. The van der Waals surface area contributed by atoms with Gasteiger partial charge in [0.2, 0.25) is 0 Å². The number of hydrogen-bond donors (Lipinski definition) is 1. The molecule has 0 fully saturated rings. The Balaban J connectivity index is 2.48. The fraction of sp³-hybridized carbons (Fsp3) is 0.250. The Morgan fingerprint density at radius 1 is 1.50 bits per heavy atom. The zero-order valence-electron chi connectivity index (χ0n) is 9.13. The van der Waals surface area contributed by atoms with Crippen molar-refractivity contribution in [3.63, 3.8) is 0 Å². The number of methoxy groups -OCH3 is 1. The second-order valence-corrected chi connectivity index (χ2v) is 3.67. The molecule has 0 saturated heterocycles. The van der Waals surface area contributed by atoms with Gasteiger partial charge in [-0.1, -0.05) is 0 Å². The summed E-state index contributed by atoms with van der Waals surface area (Å²) in [5, 5.41) is 0.805. The van der Waals surface area contributed by atoms with Crippen LogP contribution in [-0.2, 0) is 16.0 Å². The quantitative estimate of drug-likeness (QED) is 0.791. The molecule has 1 aromatic carbocycles. The first-order valence-corrected chi connectivity index (χ1v) is 4.95. The maximum absolute atomic E-state index is 13.0. The van der Waals surface area contributed by atoms with Crippen LogP contribution in [-0.4, -0.2) is 18.1 Å². The van der Waals surface area contributed by atoms with Crippen molar-refractivity contribution in [2.75, 3.05) is 7.11 Å². The first-order valence-electron chi connectivity index (χ1n) is 4.95. The summed E-state index contributed by atoms with van der Waals surface area (Å²) in [5.41, 5.74) is 2.49. The van der Waals surface area contributed by atoms with E-state index in [1.807, 2.05) is 6.92 Å². The molecule has 0 radical (unpaired) electrons. The largest absolute Gasteiger partial charge is 0.469 e. The number of aromatic nitrogens is 1. The topological polar surface area (TPSA) is 42.1 Å². The number of benzene rings is 1. The molecule has 0 saturated carbocycles. The van der Waals surface area contributed by atoms with Crippen molar-refractivity contribution < 1.29 is 13.9 Å². The maximum atomic E-state index is 13.0. The average molecular weight is 221 g/mol. The van der Waals surface area contributed by atoms with Gasteiger partial charge in [-0.15, -0.1) is 0 Å². The third kappa shape index (κ3) is 1.78. The molecule has 0 unspecified atom stereocenters. The van der Waals surface area contributed by atoms with Gasteiger partial charge in [-0.05, 0) is 30.7 Å². The van der Waals surface area contributed by atoms with E-state index in [9.17, 15) is 9.18 Å². The van der Waals surface area contributed by atoms with Crippen LogP contribution in [0.1, 0.15) is 11.3 Å². The normalized spacial score (nSPS) is 10.7. The molecule has 1 aromatic heterocycles. The summed E-state index contributed by atoms with van der Waals surface area (Å²) in [4.78, 5) is 14.2. The predicted molar refractivity (Wildman–Crippen MR) is 58.7 cm³/mol. The highest BCUT2D eigenvalue weighted by molar-refractivity contribution is 5.86. The molecule has 1 N–H and O–H groups in total. The molecule has 2 rings (SSSR count). The van der Waals surface area contributed by atoms with Gasteiger partial charge in [0, 0.05) is 16.6 Å². The van der Waals surface area contributed by atoms with Gasteiger partial charge in [-0.25, -0.2) is 4.39 Å². The SMILES string of the molecule is COC(=O)Cc1[nH]c2ccc(F)cc2c1C. The van der Waals surface area contributed by atoms with Crippen LogP contribution in [0.25, 0.3) is 10.9 Å². The molecule has 0 amide bonds. The van der Waals surface area contributed by atoms with E-state index >= 15 is 0 Å². The van der Waals surface area contributed by atoms with Gasteiger partial charge in [0.25, 0.3) is 0 Å². The van der Waals surface area contributed by atoms with Crippen molar-refractivity contribution in [3.05, 3.63) is 35.3 Å². The van der Waals surface area contributed by atoms with Crippen molar-refractivity contribution in [1.29, 1.82) is 0 Å². The molecule has 0 spiro atoms. The first-order chi connectivity index (χ1) is 7.61. The van der Waals surface area contributed by atoms with Gasteiger partial charge in [-0.3, -0.25) is 4.79 Å². The molecule has 0 bridgehead atoms. The molecule has 84 valence electrons. The number of aromatic amines is 1. The lowest BCUT2D eigenvalue weighted by Gasteiger charge is -1.98. The maximum Gasteiger partial charge on any atom is 0.311 e. The van der Waals surface area contributed by atoms with Crippen molar-refractivity contribution in [3.8, 4) is 0 Å². The Kier molecular flexibility index (Phi) is 2.64. The van der Waals surface area contributed by atoms with Crippen LogP contribution in [0.15, 0.2) is 18.2 Å². The van der Waals surface area contributed by atoms with Gasteiger partial charge in [0.05, 0.1) is 13.5 Å². The number of H-pyrrole nitrogens is 1.